The number of anilines is 1. The molecule has 1 atom stereocenters. The van der Waals surface area contributed by atoms with Crippen molar-refractivity contribution in [2.75, 3.05) is 25.0 Å². The summed E-state index contributed by atoms with van der Waals surface area (Å²) >= 11 is 0. The summed E-state index contributed by atoms with van der Waals surface area (Å²) in [5, 5.41) is 22.4. The zero-order valence-electron chi connectivity index (χ0n) is 16.0. The second-order valence-corrected chi connectivity index (χ2v) is 6.90. The van der Waals surface area contributed by atoms with Crippen molar-refractivity contribution in [3.8, 4) is 17.3 Å². The minimum absolute atomic E-state index is 0.0359. The van der Waals surface area contributed by atoms with Crippen LogP contribution in [-0.2, 0) is 4.74 Å². The Bertz CT molecular complexity index is 1060. The number of aromatic nitrogens is 2. The molecule has 146 valence electrons. The highest BCUT2D eigenvalue weighted by molar-refractivity contribution is 6.04. The van der Waals surface area contributed by atoms with Gasteiger partial charge in [-0.25, -0.2) is 0 Å². The fraction of sp³-hybridized carbons (Fsp3) is 0.227. The number of nitrogens with one attached hydrogen (secondary N) is 3. The number of benzene rings is 2. The van der Waals surface area contributed by atoms with Gasteiger partial charge in [-0.3, -0.25) is 9.89 Å². The first-order valence-electron chi connectivity index (χ1n) is 9.45. The lowest BCUT2D eigenvalue weighted by Crippen LogP contribution is -2.33. The first kappa shape index (κ1) is 18.9. The Kier molecular flexibility index (Phi) is 5.38. The lowest BCUT2D eigenvalue weighted by molar-refractivity contribution is 0.0277. The number of amides is 1. The molecule has 29 heavy (non-hydrogen) atoms. The Hall–Kier alpha value is -3.47. The van der Waals surface area contributed by atoms with Gasteiger partial charge in [-0.2, -0.15) is 10.4 Å². The van der Waals surface area contributed by atoms with Gasteiger partial charge in [0.15, 0.2) is 5.69 Å². The Morgan fingerprint density at radius 2 is 2.10 bits per heavy atom. The molecule has 4 rings (SSSR count). The van der Waals surface area contributed by atoms with E-state index in [0.29, 0.717) is 23.6 Å². The molecular formula is C22H21N5O2. The molecular weight excluding hydrogens is 366 g/mol. The average molecular weight is 387 g/mol. The van der Waals surface area contributed by atoms with Crippen molar-refractivity contribution in [3.63, 3.8) is 0 Å². The number of aromatic amines is 1. The van der Waals surface area contributed by atoms with Crippen molar-refractivity contribution in [3.05, 3.63) is 70.9 Å². The predicted octanol–water partition coefficient (Wildman–Crippen LogP) is 3.17. The standard InChI is InChI=1S/C22H21N5O2/c1-14-20(17-4-2-3-15(11-17)12-23)26-27-21(14)22(28)25-18-7-5-16(6-8-18)19-13-24-9-10-29-19/h2-8,11,19,24H,9-10,13H2,1H3,(H,25,28)(H,26,27)/t19-/m1/s1. The maximum absolute atomic E-state index is 12.7. The summed E-state index contributed by atoms with van der Waals surface area (Å²) in [6.45, 7) is 4.19. The van der Waals surface area contributed by atoms with Gasteiger partial charge in [0.25, 0.3) is 5.91 Å². The number of hydrogen-bond donors (Lipinski definition) is 3. The molecule has 1 aliphatic heterocycles. The minimum Gasteiger partial charge on any atom is -0.371 e. The third kappa shape index (κ3) is 4.04. The van der Waals surface area contributed by atoms with Gasteiger partial charge < -0.3 is 15.4 Å². The Balaban J connectivity index is 1.49. The first-order valence-corrected chi connectivity index (χ1v) is 9.45. The van der Waals surface area contributed by atoms with Gasteiger partial charge in [-0.05, 0) is 36.8 Å². The van der Waals surface area contributed by atoms with Crippen LogP contribution in [0.5, 0.6) is 0 Å². The Labute approximate surface area is 168 Å². The van der Waals surface area contributed by atoms with Crippen molar-refractivity contribution < 1.29 is 9.53 Å². The van der Waals surface area contributed by atoms with E-state index in [-0.39, 0.29) is 12.0 Å². The van der Waals surface area contributed by atoms with Gasteiger partial charge in [0.2, 0.25) is 0 Å². The van der Waals surface area contributed by atoms with Gasteiger partial charge in [-0.1, -0.05) is 24.3 Å². The zero-order chi connectivity index (χ0) is 20.2. The van der Waals surface area contributed by atoms with E-state index in [0.717, 1.165) is 35.5 Å². The number of nitriles is 1. The van der Waals surface area contributed by atoms with E-state index in [4.69, 9.17) is 10.00 Å². The van der Waals surface area contributed by atoms with E-state index in [1.54, 1.807) is 18.2 Å². The molecule has 7 heteroatoms. The molecule has 3 aromatic rings. The molecule has 2 aromatic carbocycles. The van der Waals surface area contributed by atoms with Crippen molar-refractivity contribution >= 4 is 11.6 Å². The topological polar surface area (TPSA) is 103 Å². The van der Waals surface area contributed by atoms with Crippen LogP contribution in [0.25, 0.3) is 11.3 Å². The number of hydrogen-bond acceptors (Lipinski definition) is 5. The van der Waals surface area contributed by atoms with E-state index in [2.05, 4.69) is 26.9 Å². The average Bonchev–Trinajstić information content (AvgIpc) is 3.16. The van der Waals surface area contributed by atoms with E-state index < -0.39 is 0 Å². The van der Waals surface area contributed by atoms with Crippen LogP contribution in [0.15, 0.2) is 48.5 Å². The van der Waals surface area contributed by atoms with Crippen LogP contribution in [0.1, 0.15) is 33.3 Å². The van der Waals surface area contributed by atoms with E-state index in [1.165, 1.54) is 0 Å². The molecule has 0 aliphatic carbocycles. The van der Waals surface area contributed by atoms with Gasteiger partial charge in [0, 0.05) is 29.9 Å². The molecule has 1 fully saturated rings. The smallest absolute Gasteiger partial charge is 0.276 e. The van der Waals surface area contributed by atoms with Crippen LogP contribution in [0, 0.1) is 18.3 Å². The maximum Gasteiger partial charge on any atom is 0.276 e. The van der Waals surface area contributed by atoms with Crippen molar-refractivity contribution in [1.82, 2.24) is 15.5 Å². The van der Waals surface area contributed by atoms with Gasteiger partial charge in [0.1, 0.15) is 0 Å². The fourth-order valence-electron chi connectivity index (χ4n) is 3.40. The highest BCUT2D eigenvalue weighted by Gasteiger charge is 2.19. The lowest BCUT2D eigenvalue weighted by atomic mass is 10.0. The molecule has 2 heterocycles. The van der Waals surface area contributed by atoms with Crippen molar-refractivity contribution in [2.24, 2.45) is 0 Å². The molecule has 1 aromatic heterocycles. The lowest BCUT2D eigenvalue weighted by Gasteiger charge is -2.24. The van der Waals surface area contributed by atoms with Gasteiger partial charge >= 0.3 is 0 Å². The van der Waals surface area contributed by atoms with Crippen LogP contribution < -0.4 is 10.6 Å². The molecule has 0 unspecified atom stereocenters. The van der Waals surface area contributed by atoms with Crippen LogP contribution in [0.3, 0.4) is 0 Å². The van der Waals surface area contributed by atoms with E-state index >= 15 is 0 Å². The second kappa shape index (κ2) is 8.27. The monoisotopic (exact) mass is 387 g/mol. The van der Waals surface area contributed by atoms with E-state index in [1.807, 2.05) is 37.3 Å². The molecule has 0 saturated carbocycles. The highest BCUT2D eigenvalue weighted by Crippen LogP contribution is 2.25. The number of rotatable bonds is 4. The predicted molar refractivity (Wildman–Crippen MR) is 109 cm³/mol. The number of carbonyl (C=O) groups is 1. The molecule has 0 radical (unpaired) electrons. The van der Waals surface area contributed by atoms with Crippen LogP contribution >= 0.6 is 0 Å². The highest BCUT2D eigenvalue weighted by atomic mass is 16.5. The van der Waals surface area contributed by atoms with Crippen molar-refractivity contribution in [2.45, 2.75) is 13.0 Å². The largest absolute Gasteiger partial charge is 0.371 e. The number of H-pyrrole nitrogens is 1. The summed E-state index contributed by atoms with van der Waals surface area (Å²) in [5.74, 6) is -0.287. The Morgan fingerprint density at radius 1 is 1.28 bits per heavy atom. The molecule has 3 N–H and O–H groups in total. The molecule has 0 spiro atoms. The van der Waals surface area contributed by atoms with Crippen LogP contribution in [0.4, 0.5) is 5.69 Å². The summed E-state index contributed by atoms with van der Waals surface area (Å²) in [4.78, 5) is 12.7. The van der Waals surface area contributed by atoms with Crippen molar-refractivity contribution in [1.29, 1.82) is 5.26 Å². The van der Waals surface area contributed by atoms with Gasteiger partial charge in [-0.15, -0.1) is 0 Å². The van der Waals surface area contributed by atoms with Gasteiger partial charge in [0.05, 0.1) is 30.0 Å². The van der Waals surface area contributed by atoms with Crippen LogP contribution in [0.2, 0.25) is 0 Å². The van der Waals surface area contributed by atoms with Crippen LogP contribution in [-0.4, -0.2) is 35.8 Å². The normalized spacial score (nSPS) is 16.2. The molecule has 1 amide bonds. The second-order valence-electron chi connectivity index (χ2n) is 6.90. The number of ether oxygens (including phenoxy) is 1. The minimum atomic E-state index is -0.287. The van der Waals surface area contributed by atoms with E-state index in [9.17, 15) is 4.79 Å². The molecule has 7 nitrogen and oxygen atoms in total. The first-order chi connectivity index (χ1) is 14.2. The third-order valence-corrected chi connectivity index (χ3v) is 4.97. The molecule has 0 bridgehead atoms. The molecule has 1 aliphatic rings. The molecule has 1 saturated heterocycles. The Morgan fingerprint density at radius 3 is 2.83 bits per heavy atom. The number of morpholine rings is 1. The fourth-order valence-corrected chi connectivity index (χ4v) is 3.40. The summed E-state index contributed by atoms with van der Waals surface area (Å²) in [7, 11) is 0. The summed E-state index contributed by atoms with van der Waals surface area (Å²) in [6, 6.07) is 17.0. The zero-order valence-corrected chi connectivity index (χ0v) is 16.0. The summed E-state index contributed by atoms with van der Waals surface area (Å²) < 4.78 is 5.75. The number of nitrogens with zero attached hydrogens (tertiary/aromatic N) is 2. The number of carbonyl (C=O) groups excluding carboxylic acids is 1. The summed E-state index contributed by atoms with van der Waals surface area (Å²) in [5.41, 5.74) is 4.92. The third-order valence-electron chi connectivity index (χ3n) is 4.97. The SMILES string of the molecule is Cc1c(C(=O)Nc2ccc([C@H]3CNCCO3)cc2)n[nH]c1-c1cccc(C#N)c1. The summed E-state index contributed by atoms with van der Waals surface area (Å²) in [6.07, 6.45) is 0.0359. The maximum atomic E-state index is 12.7. The quantitative estimate of drug-likeness (QED) is 0.638.